The van der Waals surface area contributed by atoms with Crippen molar-refractivity contribution in [2.45, 2.75) is 39.5 Å². The molecule has 1 aromatic carbocycles. The largest absolute Gasteiger partial charge is 0.370 e. The molecule has 0 radical (unpaired) electrons. The number of aromatic nitrogens is 2. The van der Waals surface area contributed by atoms with E-state index in [1.165, 1.54) is 46.7 Å². The lowest BCUT2D eigenvalue weighted by Gasteiger charge is -2.12. The number of thioether (sulfide) groups is 1. The Balaban J connectivity index is 2.08. The highest BCUT2D eigenvalue weighted by atomic mass is 32.2. The monoisotopic (exact) mass is 315 g/mol. The Kier molecular flexibility index (Phi) is 4.77. The number of hydrogen-bond acceptors (Lipinski definition) is 3. The van der Waals surface area contributed by atoms with Crippen LogP contribution in [0.15, 0.2) is 18.2 Å². The van der Waals surface area contributed by atoms with Crippen LogP contribution in [0.5, 0.6) is 0 Å². The molecule has 3 nitrogen and oxygen atoms in total. The normalized spacial score (nSPS) is 14.3. The fourth-order valence-corrected chi connectivity index (χ4v) is 3.59. The van der Waals surface area contributed by atoms with Gasteiger partial charge >= 0.3 is 0 Å². The first kappa shape index (κ1) is 15.5. The molecule has 1 N–H and O–H groups in total. The molecule has 0 aliphatic carbocycles. The van der Waals surface area contributed by atoms with E-state index in [9.17, 15) is 0 Å². The Hall–Kier alpha value is -1.42. The molecule has 3 rings (SSSR count). The second-order valence-corrected chi connectivity index (χ2v) is 7.09. The molecule has 0 fully saturated rings. The van der Waals surface area contributed by atoms with Gasteiger partial charge in [-0.25, -0.2) is 4.68 Å². The van der Waals surface area contributed by atoms with Crippen LogP contribution in [0.3, 0.4) is 0 Å². The van der Waals surface area contributed by atoms with Gasteiger partial charge in [0, 0.05) is 18.5 Å². The molecule has 2 aromatic rings. The molecule has 0 saturated carbocycles. The van der Waals surface area contributed by atoms with Gasteiger partial charge in [0.25, 0.3) is 0 Å². The first-order valence-electron chi connectivity index (χ1n) is 8.12. The fourth-order valence-electron chi connectivity index (χ4n) is 3.19. The summed E-state index contributed by atoms with van der Waals surface area (Å²) in [7, 11) is 0. The molecule has 0 atom stereocenters. The minimum absolute atomic E-state index is 1.05. The van der Waals surface area contributed by atoms with Gasteiger partial charge in [0.15, 0.2) is 0 Å². The number of rotatable bonds is 4. The predicted molar refractivity (Wildman–Crippen MR) is 96.6 cm³/mol. The van der Waals surface area contributed by atoms with Crippen molar-refractivity contribution in [3.63, 3.8) is 0 Å². The summed E-state index contributed by atoms with van der Waals surface area (Å²) in [4.78, 5) is 0. The van der Waals surface area contributed by atoms with Gasteiger partial charge < -0.3 is 5.32 Å². The van der Waals surface area contributed by atoms with Crippen molar-refractivity contribution in [2.75, 3.05) is 23.9 Å². The molecule has 1 aliphatic heterocycles. The van der Waals surface area contributed by atoms with Crippen molar-refractivity contribution in [3.8, 4) is 5.69 Å². The van der Waals surface area contributed by atoms with Gasteiger partial charge in [0.1, 0.15) is 5.82 Å². The van der Waals surface area contributed by atoms with Crippen LogP contribution in [0.1, 0.15) is 35.2 Å². The van der Waals surface area contributed by atoms with Crippen molar-refractivity contribution in [1.82, 2.24) is 9.78 Å². The summed E-state index contributed by atoms with van der Waals surface area (Å²) in [5.41, 5.74) is 6.50. The molecule has 0 spiro atoms. The Labute approximate surface area is 137 Å². The molecule has 0 amide bonds. The number of nitrogens with zero attached hydrogens (tertiary/aromatic N) is 2. The quantitative estimate of drug-likeness (QED) is 0.919. The summed E-state index contributed by atoms with van der Waals surface area (Å²) < 4.78 is 2.14. The zero-order chi connectivity index (χ0) is 15.5. The van der Waals surface area contributed by atoms with E-state index in [0.717, 1.165) is 25.1 Å². The highest BCUT2D eigenvalue weighted by Gasteiger charge is 2.20. The van der Waals surface area contributed by atoms with Crippen LogP contribution in [-0.4, -0.2) is 28.3 Å². The zero-order valence-electron chi connectivity index (χ0n) is 13.8. The smallest absolute Gasteiger partial charge is 0.133 e. The lowest BCUT2D eigenvalue weighted by molar-refractivity contribution is 0.765. The predicted octanol–water partition coefficient (Wildman–Crippen LogP) is 4.14. The molecule has 4 heteroatoms. The summed E-state index contributed by atoms with van der Waals surface area (Å²) in [5, 5.41) is 8.60. The summed E-state index contributed by atoms with van der Waals surface area (Å²) in [6, 6.07) is 6.61. The molecule has 0 unspecified atom stereocenters. The lowest BCUT2D eigenvalue weighted by atomic mass is 10.1. The maximum atomic E-state index is 4.97. The molecule has 22 heavy (non-hydrogen) atoms. The second kappa shape index (κ2) is 6.78. The first-order valence-corrected chi connectivity index (χ1v) is 9.51. The van der Waals surface area contributed by atoms with E-state index in [4.69, 9.17) is 5.10 Å². The average molecular weight is 315 g/mol. The van der Waals surface area contributed by atoms with Crippen LogP contribution >= 0.6 is 11.8 Å². The molecule has 0 saturated heterocycles. The lowest BCUT2D eigenvalue weighted by Crippen LogP contribution is -2.08. The standard InChI is InChI=1S/C18H25N3S/c1-13-7-8-17(14(2)12-13)21-18-15(6-4-5-10-19-18)16(20-21)9-11-22-3/h7-8,12,19H,4-6,9-11H2,1-3H3. The Morgan fingerprint density at radius 2 is 2.14 bits per heavy atom. The third kappa shape index (κ3) is 3.02. The van der Waals surface area contributed by atoms with Gasteiger partial charge in [-0.15, -0.1) is 0 Å². The van der Waals surface area contributed by atoms with Crippen LogP contribution in [0.25, 0.3) is 5.69 Å². The van der Waals surface area contributed by atoms with Gasteiger partial charge in [-0.3, -0.25) is 0 Å². The van der Waals surface area contributed by atoms with E-state index in [2.05, 4.69) is 48.3 Å². The Morgan fingerprint density at radius 3 is 2.91 bits per heavy atom. The minimum atomic E-state index is 1.05. The number of anilines is 1. The Morgan fingerprint density at radius 1 is 1.27 bits per heavy atom. The third-order valence-corrected chi connectivity index (χ3v) is 4.95. The highest BCUT2D eigenvalue weighted by Crippen LogP contribution is 2.30. The van der Waals surface area contributed by atoms with E-state index in [-0.39, 0.29) is 0 Å². The van der Waals surface area contributed by atoms with Crippen LogP contribution in [0.4, 0.5) is 5.82 Å². The number of benzene rings is 1. The summed E-state index contributed by atoms with van der Waals surface area (Å²) in [6.07, 6.45) is 6.87. The number of aryl methyl sites for hydroxylation is 3. The van der Waals surface area contributed by atoms with Crippen molar-refractivity contribution in [3.05, 3.63) is 40.6 Å². The van der Waals surface area contributed by atoms with Crippen molar-refractivity contribution >= 4 is 17.6 Å². The van der Waals surface area contributed by atoms with Gasteiger partial charge in [-0.2, -0.15) is 16.9 Å². The molecule has 1 aromatic heterocycles. The van der Waals surface area contributed by atoms with Gasteiger partial charge in [-0.05, 0) is 56.7 Å². The van der Waals surface area contributed by atoms with Crippen LogP contribution < -0.4 is 5.32 Å². The van der Waals surface area contributed by atoms with Crippen molar-refractivity contribution in [1.29, 1.82) is 0 Å². The molecular formula is C18H25N3S. The molecule has 1 aliphatic rings. The van der Waals surface area contributed by atoms with E-state index < -0.39 is 0 Å². The second-order valence-electron chi connectivity index (χ2n) is 6.10. The number of hydrogen-bond donors (Lipinski definition) is 1. The maximum absolute atomic E-state index is 4.97. The van der Waals surface area contributed by atoms with Crippen molar-refractivity contribution < 1.29 is 0 Å². The molecule has 0 bridgehead atoms. The number of fused-ring (bicyclic) bond motifs is 1. The van der Waals surface area contributed by atoms with Crippen LogP contribution in [0, 0.1) is 13.8 Å². The molecule has 2 heterocycles. The van der Waals surface area contributed by atoms with E-state index in [1.54, 1.807) is 0 Å². The van der Waals surface area contributed by atoms with Crippen molar-refractivity contribution in [2.24, 2.45) is 0 Å². The molecule has 118 valence electrons. The highest BCUT2D eigenvalue weighted by molar-refractivity contribution is 7.98. The van der Waals surface area contributed by atoms with E-state index in [0.29, 0.717) is 0 Å². The van der Waals surface area contributed by atoms with Gasteiger partial charge in [0.05, 0.1) is 11.4 Å². The molecular weight excluding hydrogens is 290 g/mol. The topological polar surface area (TPSA) is 29.9 Å². The Bertz CT molecular complexity index is 661. The maximum Gasteiger partial charge on any atom is 0.133 e. The van der Waals surface area contributed by atoms with E-state index in [1.807, 2.05) is 11.8 Å². The summed E-state index contributed by atoms with van der Waals surface area (Å²) in [5.74, 6) is 2.36. The first-order chi connectivity index (χ1) is 10.7. The number of nitrogens with one attached hydrogen (secondary N) is 1. The average Bonchev–Trinajstić information content (AvgIpc) is 2.68. The summed E-state index contributed by atoms with van der Waals surface area (Å²) >= 11 is 1.89. The van der Waals surface area contributed by atoms with Crippen LogP contribution in [-0.2, 0) is 12.8 Å². The fraction of sp³-hybridized carbons (Fsp3) is 0.500. The SMILES string of the molecule is CSCCc1nn(-c2ccc(C)cc2C)c2c1CCCCN2. The van der Waals surface area contributed by atoms with E-state index >= 15 is 0 Å². The van der Waals surface area contributed by atoms with Crippen LogP contribution in [0.2, 0.25) is 0 Å². The zero-order valence-corrected chi connectivity index (χ0v) is 14.6. The van der Waals surface area contributed by atoms with Gasteiger partial charge in [0.2, 0.25) is 0 Å². The minimum Gasteiger partial charge on any atom is -0.370 e. The summed E-state index contributed by atoms with van der Waals surface area (Å²) in [6.45, 7) is 5.36. The van der Waals surface area contributed by atoms with Gasteiger partial charge in [-0.1, -0.05) is 17.7 Å². The third-order valence-electron chi connectivity index (χ3n) is 4.34.